The Morgan fingerprint density at radius 1 is 0.305 bits per heavy atom. The summed E-state index contributed by atoms with van der Waals surface area (Å²) >= 11 is 0. The molecular formula is C58H41N. The van der Waals surface area contributed by atoms with Gasteiger partial charge in [-0.2, -0.15) is 0 Å². The molecular weight excluding hydrogens is 711 g/mol. The van der Waals surface area contributed by atoms with E-state index in [4.69, 9.17) is 0 Å². The van der Waals surface area contributed by atoms with Crippen LogP contribution in [-0.4, -0.2) is 0 Å². The van der Waals surface area contributed by atoms with Gasteiger partial charge in [-0.05, 0) is 119 Å². The summed E-state index contributed by atoms with van der Waals surface area (Å²) < 4.78 is 0. The Balaban J connectivity index is 1.09. The van der Waals surface area contributed by atoms with Crippen LogP contribution in [0.1, 0.15) is 47.2 Å². The fourth-order valence-electron chi connectivity index (χ4n) is 11.0. The van der Waals surface area contributed by atoms with Crippen molar-refractivity contribution < 1.29 is 0 Å². The average molecular weight is 752 g/mol. The summed E-state index contributed by atoms with van der Waals surface area (Å²) in [4.78, 5) is 2.46. The van der Waals surface area contributed by atoms with Gasteiger partial charge in [0, 0.05) is 22.4 Å². The van der Waals surface area contributed by atoms with Crippen LogP contribution in [0.5, 0.6) is 0 Å². The van der Waals surface area contributed by atoms with Gasteiger partial charge in [-0.3, -0.25) is 0 Å². The molecule has 0 heterocycles. The van der Waals surface area contributed by atoms with E-state index in [1.54, 1.807) is 0 Å². The summed E-state index contributed by atoms with van der Waals surface area (Å²) in [5.74, 6) is 0. The van der Waals surface area contributed by atoms with E-state index >= 15 is 0 Å². The fraction of sp³-hybridized carbons (Fsp3) is 0.0690. The van der Waals surface area contributed by atoms with E-state index in [2.05, 4.69) is 231 Å². The van der Waals surface area contributed by atoms with Crippen molar-refractivity contribution in [2.24, 2.45) is 0 Å². The predicted molar refractivity (Wildman–Crippen MR) is 249 cm³/mol. The standard InChI is InChI=1S/C58H41N/c1-57(2)52-27-13-15-29-54(52)58(55-30-16-14-28-53(55)57)50-26-12-10-25-47(50)49-37-40(33-35-51(49)58)59(39-18-4-3-5-19-39)56-31-17-11-20-41(56)38-32-34-46-44-23-7-6-21-42(44)43-22-8-9-24-45(43)48(46)36-38/h3-37H,1-2H3. The van der Waals surface area contributed by atoms with Gasteiger partial charge in [0.1, 0.15) is 0 Å². The van der Waals surface area contributed by atoms with E-state index < -0.39 is 5.41 Å². The van der Waals surface area contributed by atoms with Crippen LogP contribution >= 0.6 is 0 Å². The second-order valence-corrected chi connectivity index (χ2v) is 16.8. The van der Waals surface area contributed by atoms with Crippen LogP contribution in [0.25, 0.3) is 54.6 Å². The van der Waals surface area contributed by atoms with Crippen LogP contribution in [-0.2, 0) is 10.8 Å². The largest absolute Gasteiger partial charge is 0.310 e. The molecule has 0 aliphatic heterocycles. The molecule has 2 aliphatic carbocycles. The zero-order valence-corrected chi connectivity index (χ0v) is 33.2. The minimum atomic E-state index is -0.430. The SMILES string of the molecule is CC1(C)c2ccccc2C2(c3ccccc3-c3cc(N(c4ccccc4)c4ccccc4-c4ccc5c6ccccc6c6ccccc6c5c4)ccc32)c2ccccc21. The zero-order chi connectivity index (χ0) is 39.3. The lowest BCUT2D eigenvalue weighted by Gasteiger charge is -2.46. The minimum absolute atomic E-state index is 0.133. The van der Waals surface area contributed by atoms with Crippen LogP contribution in [0.15, 0.2) is 212 Å². The molecule has 278 valence electrons. The van der Waals surface area contributed by atoms with Crippen molar-refractivity contribution in [1.29, 1.82) is 0 Å². The van der Waals surface area contributed by atoms with Gasteiger partial charge in [-0.1, -0.05) is 190 Å². The molecule has 0 saturated carbocycles. The Morgan fingerprint density at radius 3 is 1.42 bits per heavy atom. The summed E-state index contributed by atoms with van der Waals surface area (Å²) in [5.41, 5.74) is 16.0. The average Bonchev–Trinajstić information content (AvgIpc) is 3.59. The maximum atomic E-state index is 2.46. The summed E-state index contributed by atoms with van der Waals surface area (Å²) in [6, 6.07) is 79.2. The van der Waals surface area contributed by atoms with Crippen LogP contribution in [0.3, 0.4) is 0 Å². The highest BCUT2D eigenvalue weighted by atomic mass is 15.1. The van der Waals surface area contributed by atoms with Crippen molar-refractivity contribution in [3.05, 3.63) is 246 Å². The number of nitrogens with zero attached hydrogens (tertiary/aromatic N) is 1. The summed E-state index contributed by atoms with van der Waals surface area (Å²) in [6.07, 6.45) is 0. The Bertz CT molecular complexity index is 3230. The molecule has 0 atom stereocenters. The number of benzene rings is 10. The Kier molecular flexibility index (Phi) is 7.26. The lowest BCUT2D eigenvalue weighted by atomic mass is 9.55. The highest BCUT2D eigenvalue weighted by Crippen LogP contribution is 2.62. The Morgan fingerprint density at radius 2 is 0.780 bits per heavy atom. The second kappa shape index (κ2) is 12.6. The van der Waals surface area contributed by atoms with E-state index in [1.807, 2.05) is 0 Å². The highest BCUT2D eigenvalue weighted by Gasteiger charge is 2.53. The Labute approximate surface area is 345 Å². The molecule has 0 radical (unpaired) electrons. The monoisotopic (exact) mass is 751 g/mol. The zero-order valence-electron chi connectivity index (χ0n) is 33.2. The van der Waals surface area contributed by atoms with Crippen LogP contribution in [0, 0.1) is 0 Å². The summed E-state index contributed by atoms with van der Waals surface area (Å²) in [6.45, 7) is 4.77. The molecule has 59 heavy (non-hydrogen) atoms. The molecule has 0 fully saturated rings. The molecule has 0 saturated heterocycles. The van der Waals surface area contributed by atoms with Gasteiger partial charge in [0.05, 0.1) is 11.1 Å². The molecule has 0 N–H and O–H groups in total. The van der Waals surface area contributed by atoms with Gasteiger partial charge in [-0.25, -0.2) is 0 Å². The van der Waals surface area contributed by atoms with E-state index in [0.29, 0.717) is 0 Å². The lowest BCUT2D eigenvalue weighted by Crippen LogP contribution is -2.40. The normalized spacial score (nSPS) is 14.2. The first kappa shape index (κ1) is 33.9. The molecule has 0 aromatic heterocycles. The van der Waals surface area contributed by atoms with E-state index in [0.717, 1.165) is 17.1 Å². The van der Waals surface area contributed by atoms with Crippen LogP contribution in [0.2, 0.25) is 0 Å². The smallest absolute Gasteiger partial charge is 0.0719 e. The van der Waals surface area contributed by atoms with Crippen LogP contribution < -0.4 is 4.90 Å². The van der Waals surface area contributed by atoms with E-state index in [9.17, 15) is 0 Å². The maximum Gasteiger partial charge on any atom is 0.0719 e. The molecule has 0 bridgehead atoms. The van der Waals surface area contributed by atoms with Gasteiger partial charge < -0.3 is 4.90 Å². The third-order valence-electron chi connectivity index (χ3n) is 13.5. The van der Waals surface area contributed by atoms with Crippen molar-refractivity contribution in [1.82, 2.24) is 0 Å². The van der Waals surface area contributed by atoms with Gasteiger partial charge in [0.2, 0.25) is 0 Å². The third-order valence-corrected chi connectivity index (χ3v) is 13.5. The number of hydrogen-bond donors (Lipinski definition) is 0. The van der Waals surface area contributed by atoms with Gasteiger partial charge in [0.25, 0.3) is 0 Å². The van der Waals surface area contributed by atoms with Gasteiger partial charge in [0.15, 0.2) is 0 Å². The molecule has 10 aromatic rings. The number of rotatable bonds is 4. The first-order valence-electron chi connectivity index (χ1n) is 20.8. The first-order chi connectivity index (χ1) is 29.0. The van der Waals surface area contributed by atoms with E-state index in [-0.39, 0.29) is 5.41 Å². The van der Waals surface area contributed by atoms with Crippen molar-refractivity contribution >= 4 is 49.4 Å². The van der Waals surface area contributed by atoms with Gasteiger partial charge >= 0.3 is 0 Å². The van der Waals surface area contributed by atoms with Crippen LogP contribution in [0.4, 0.5) is 17.1 Å². The number of hydrogen-bond acceptors (Lipinski definition) is 1. The maximum absolute atomic E-state index is 2.46. The lowest BCUT2D eigenvalue weighted by molar-refractivity contribution is 0.563. The van der Waals surface area contributed by atoms with Crippen molar-refractivity contribution in [2.45, 2.75) is 24.7 Å². The first-order valence-corrected chi connectivity index (χ1v) is 20.8. The number of fused-ring (bicyclic) bond motifs is 15. The second-order valence-electron chi connectivity index (χ2n) is 16.8. The molecule has 1 spiro atoms. The van der Waals surface area contributed by atoms with E-state index in [1.165, 1.54) is 88.0 Å². The molecule has 10 aromatic carbocycles. The third kappa shape index (κ3) is 4.67. The molecule has 0 unspecified atom stereocenters. The molecule has 1 nitrogen and oxygen atoms in total. The predicted octanol–water partition coefficient (Wildman–Crippen LogP) is 15.3. The highest BCUT2D eigenvalue weighted by molar-refractivity contribution is 6.25. The molecule has 2 aliphatic rings. The molecule has 0 amide bonds. The molecule has 12 rings (SSSR count). The van der Waals surface area contributed by atoms with Gasteiger partial charge in [-0.15, -0.1) is 0 Å². The number of anilines is 3. The van der Waals surface area contributed by atoms with Crippen molar-refractivity contribution in [2.75, 3.05) is 4.90 Å². The quantitative estimate of drug-likeness (QED) is 0.162. The fourth-order valence-corrected chi connectivity index (χ4v) is 11.0. The van der Waals surface area contributed by atoms with Crippen molar-refractivity contribution in [3.8, 4) is 22.3 Å². The molecule has 1 heteroatoms. The summed E-state index contributed by atoms with van der Waals surface area (Å²) in [5, 5.41) is 7.70. The van der Waals surface area contributed by atoms with Crippen molar-refractivity contribution in [3.63, 3.8) is 0 Å². The minimum Gasteiger partial charge on any atom is -0.310 e. The Hall–Kier alpha value is -7.22. The topological polar surface area (TPSA) is 3.24 Å². The summed E-state index contributed by atoms with van der Waals surface area (Å²) in [7, 11) is 0. The number of para-hydroxylation sites is 2.